The number of anilines is 1. The lowest BCUT2D eigenvalue weighted by atomic mass is 10.1. The molecule has 0 saturated carbocycles. The van der Waals surface area contributed by atoms with E-state index < -0.39 is 11.9 Å². The monoisotopic (exact) mass is 460 g/mol. The fraction of sp³-hybridized carbons (Fsp3) is 0.312. The molecular formula is C16H12BrCl2FN4O2. The quantitative estimate of drug-likeness (QED) is 0.499. The number of pyridine rings is 1. The number of nitrogens with zero attached hydrogens (tertiary/aromatic N) is 4. The number of halogens is 4. The molecule has 3 rings (SSSR count). The van der Waals surface area contributed by atoms with Gasteiger partial charge in [0.05, 0.1) is 15.2 Å². The minimum absolute atomic E-state index is 0.00593. The normalized spacial score (nSPS) is 17.5. The molecule has 2 heterocycles. The van der Waals surface area contributed by atoms with Crippen molar-refractivity contribution in [3.05, 3.63) is 32.1 Å². The highest BCUT2D eigenvalue weighted by atomic mass is 79.9. The van der Waals surface area contributed by atoms with E-state index in [1.807, 2.05) is 11.0 Å². The lowest BCUT2D eigenvalue weighted by Crippen LogP contribution is -2.54. The summed E-state index contributed by atoms with van der Waals surface area (Å²) < 4.78 is 14.7. The number of hydrogen-bond donors (Lipinski definition) is 1. The van der Waals surface area contributed by atoms with Gasteiger partial charge < -0.3 is 14.9 Å². The zero-order valence-corrected chi connectivity index (χ0v) is 16.5. The van der Waals surface area contributed by atoms with Crippen LogP contribution in [0.15, 0.2) is 10.5 Å². The van der Waals surface area contributed by atoms with Crippen LogP contribution in [0.2, 0.25) is 10.2 Å². The predicted octanol–water partition coefficient (Wildman–Crippen LogP) is 4.50. The van der Waals surface area contributed by atoms with Crippen LogP contribution in [0.3, 0.4) is 0 Å². The van der Waals surface area contributed by atoms with Crippen molar-refractivity contribution in [2.24, 2.45) is 0 Å². The fourth-order valence-corrected chi connectivity index (χ4v) is 3.84. The van der Waals surface area contributed by atoms with Gasteiger partial charge >= 0.3 is 6.09 Å². The van der Waals surface area contributed by atoms with Crippen molar-refractivity contribution in [2.75, 3.05) is 24.5 Å². The van der Waals surface area contributed by atoms with Crippen molar-refractivity contribution < 1.29 is 14.3 Å². The van der Waals surface area contributed by atoms with Gasteiger partial charge in [-0.3, -0.25) is 0 Å². The number of amides is 1. The SMILES string of the molecule is CC1CN(c2c(C#N)c(Cl)nc3c(F)c(Br)c(Cl)cc23)CCN1C(=O)O. The molecule has 1 N–H and O–H groups in total. The van der Waals surface area contributed by atoms with Crippen molar-refractivity contribution in [3.8, 4) is 6.07 Å². The van der Waals surface area contributed by atoms with Crippen LogP contribution in [0, 0.1) is 17.1 Å². The summed E-state index contributed by atoms with van der Waals surface area (Å²) >= 11 is 15.3. The Morgan fingerprint density at radius 1 is 1.50 bits per heavy atom. The van der Waals surface area contributed by atoms with E-state index in [0.29, 0.717) is 24.2 Å². The van der Waals surface area contributed by atoms with Crippen molar-refractivity contribution >= 4 is 61.8 Å². The maximum atomic E-state index is 14.6. The van der Waals surface area contributed by atoms with Gasteiger partial charge in [-0.15, -0.1) is 0 Å². The van der Waals surface area contributed by atoms with Gasteiger partial charge in [-0.1, -0.05) is 23.2 Å². The number of carbonyl (C=O) groups is 1. The topological polar surface area (TPSA) is 80.5 Å². The summed E-state index contributed by atoms with van der Waals surface area (Å²) in [5.41, 5.74) is 0.509. The third-order valence-electron chi connectivity index (χ3n) is 4.35. The van der Waals surface area contributed by atoms with Crippen LogP contribution in [0.5, 0.6) is 0 Å². The Morgan fingerprint density at radius 2 is 2.19 bits per heavy atom. The van der Waals surface area contributed by atoms with Crippen LogP contribution in [0.4, 0.5) is 14.9 Å². The Labute approximate surface area is 166 Å². The molecule has 0 aliphatic carbocycles. The Bertz CT molecular complexity index is 966. The molecule has 1 aromatic carbocycles. The average Bonchev–Trinajstić information content (AvgIpc) is 2.59. The lowest BCUT2D eigenvalue weighted by Gasteiger charge is -2.40. The minimum Gasteiger partial charge on any atom is -0.465 e. The zero-order valence-electron chi connectivity index (χ0n) is 13.4. The van der Waals surface area contributed by atoms with Crippen LogP contribution in [-0.2, 0) is 0 Å². The molecule has 1 aliphatic heterocycles. The van der Waals surface area contributed by atoms with Crippen LogP contribution >= 0.6 is 39.1 Å². The molecule has 26 heavy (non-hydrogen) atoms. The fourth-order valence-electron chi connectivity index (χ4n) is 3.13. The van der Waals surface area contributed by atoms with Gasteiger partial charge in [-0.05, 0) is 28.9 Å². The highest BCUT2D eigenvalue weighted by molar-refractivity contribution is 9.10. The second-order valence-corrected chi connectivity index (χ2v) is 7.45. The molecule has 1 atom stereocenters. The molecular weight excluding hydrogens is 450 g/mol. The Hall–Kier alpha value is -1.82. The van der Waals surface area contributed by atoms with Crippen molar-refractivity contribution in [2.45, 2.75) is 13.0 Å². The number of aromatic nitrogens is 1. The summed E-state index contributed by atoms with van der Waals surface area (Å²) in [6.07, 6.45) is -1.01. The number of carboxylic acid groups (broad SMARTS) is 1. The second-order valence-electron chi connectivity index (χ2n) is 5.89. The molecule has 1 aliphatic rings. The Kier molecular flexibility index (Phi) is 5.15. The van der Waals surface area contributed by atoms with Gasteiger partial charge in [0.25, 0.3) is 0 Å². The van der Waals surface area contributed by atoms with E-state index in [4.69, 9.17) is 23.2 Å². The predicted molar refractivity (Wildman–Crippen MR) is 101 cm³/mol. The molecule has 0 bridgehead atoms. The number of benzene rings is 1. The van der Waals surface area contributed by atoms with E-state index in [2.05, 4.69) is 20.9 Å². The van der Waals surface area contributed by atoms with Crippen molar-refractivity contribution in [1.82, 2.24) is 9.88 Å². The molecule has 1 amide bonds. The van der Waals surface area contributed by atoms with Crippen LogP contribution < -0.4 is 4.90 Å². The number of hydrogen-bond acceptors (Lipinski definition) is 4. The largest absolute Gasteiger partial charge is 0.465 e. The van der Waals surface area contributed by atoms with Crippen LogP contribution in [0.25, 0.3) is 10.9 Å². The first-order valence-electron chi connectivity index (χ1n) is 7.57. The van der Waals surface area contributed by atoms with E-state index in [-0.39, 0.29) is 38.3 Å². The summed E-state index contributed by atoms with van der Waals surface area (Å²) in [6, 6.07) is 3.22. The maximum Gasteiger partial charge on any atom is 0.407 e. The van der Waals surface area contributed by atoms with Gasteiger partial charge in [-0.25, -0.2) is 14.2 Å². The standard InChI is InChI=1S/C16H12BrCl2FN4O2/c1-7-6-23(2-3-24(7)16(25)26)14-8-4-10(18)11(17)12(20)13(8)22-15(19)9(14)5-21/h4,7H,2-3,6H2,1H3,(H,25,26). The van der Waals surface area contributed by atoms with Crippen molar-refractivity contribution in [3.63, 3.8) is 0 Å². The molecule has 1 unspecified atom stereocenters. The summed E-state index contributed by atoms with van der Waals surface area (Å²) in [5, 5.41) is 19.2. The summed E-state index contributed by atoms with van der Waals surface area (Å²) in [6.45, 7) is 2.67. The van der Waals surface area contributed by atoms with Gasteiger partial charge in [-0.2, -0.15) is 5.26 Å². The minimum atomic E-state index is -1.01. The lowest BCUT2D eigenvalue weighted by molar-refractivity contribution is 0.123. The molecule has 1 fully saturated rings. The smallest absolute Gasteiger partial charge is 0.407 e. The average molecular weight is 462 g/mol. The number of fused-ring (bicyclic) bond motifs is 1. The summed E-state index contributed by atoms with van der Waals surface area (Å²) in [7, 11) is 0. The number of nitriles is 1. The summed E-state index contributed by atoms with van der Waals surface area (Å²) in [4.78, 5) is 18.4. The molecule has 2 aromatic rings. The first-order chi connectivity index (χ1) is 12.3. The maximum absolute atomic E-state index is 14.6. The molecule has 136 valence electrons. The molecule has 1 saturated heterocycles. The molecule has 10 heteroatoms. The highest BCUT2D eigenvalue weighted by Gasteiger charge is 2.31. The number of rotatable bonds is 1. The third kappa shape index (κ3) is 3.04. The Morgan fingerprint density at radius 3 is 2.77 bits per heavy atom. The van der Waals surface area contributed by atoms with E-state index >= 15 is 0 Å². The number of piperazine rings is 1. The van der Waals surface area contributed by atoms with Gasteiger partial charge in [0.1, 0.15) is 22.3 Å². The second kappa shape index (κ2) is 7.06. The Balaban J connectivity index is 2.22. The molecule has 6 nitrogen and oxygen atoms in total. The van der Waals surface area contributed by atoms with Gasteiger partial charge in [0.2, 0.25) is 0 Å². The molecule has 1 aromatic heterocycles. The first-order valence-corrected chi connectivity index (χ1v) is 9.12. The van der Waals surface area contributed by atoms with Crippen molar-refractivity contribution in [1.29, 1.82) is 5.26 Å². The molecule has 0 spiro atoms. The first kappa shape index (κ1) is 19.0. The third-order valence-corrected chi connectivity index (χ3v) is 5.92. The van der Waals surface area contributed by atoms with E-state index in [9.17, 15) is 19.6 Å². The zero-order chi connectivity index (χ0) is 19.2. The van der Waals surface area contributed by atoms with Crippen LogP contribution in [-0.4, -0.2) is 46.8 Å². The van der Waals surface area contributed by atoms with E-state index in [0.717, 1.165) is 0 Å². The summed E-state index contributed by atoms with van der Waals surface area (Å²) in [5.74, 6) is -0.669. The van der Waals surface area contributed by atoms with Gasteiger partial charge in [0, 0.05) is 31.1 Å². The highest BCUT2D eigenvalue weighted by Crippen LogP contribution is 2.40. The molecule has 0 radical (unpaired) electrons. The van der Waals surface area contributed by atoms with Crippen LogP contribution in [0.1, 0.15) is 12.5 Å². The van der Waals surface area contributed by atoms with Gasteiger partial charge in [0.15, 0.2) is 5.82 Å². The van der Waals surface area contributed by atoms with E-state index in [1.165, 1.54) is 11.0 Å². The van der Waals surface area contributed by atoms with E-state index in [1.54, 1.807) is 6.92 Å².